The Bertz CT molecular complexity index is 486. The number of benzene rings is 1. The van der Waals surface area contributed by atoms with Crippen molar-refractivity contribution >= 4 is 0 Å². The van der Waals surface area contributed by atoms with Crippen molar-refractivity contribution in [1.29, 1.82) is 0 Å². The maximum atomic E-state index is 13.3. The van der Waals surface area contributed by atoms with Gasteiger partial charge in [-0.2, -0.15) is 0 Å². The number of nitrogens with zero attached hydrogens (tertiary/aromatic N) is 1. The second-order valence-electron chi connectivity index (χ2n) is 7.08. The van der Waals surface area contributed by atoms with Gasteiger partial charge in [-0.3, -0.25) is 4.90 Å². The normalized spacial score (nSPS) is 27.3. The summed E-state index contributed by atoms with van der Waals surface area (Å²) < 4.78 is 13.3. The summed E-state index contributed by atoms with van der Waals surface area (Å²) in [6, 6.07) is 5.69. The molecule has 118 valence electrons. The van der Waals surface area contributed by atoms with Crippen LogP contribution in [0.25, 0.3) is 0 Å². The largest absolute Gasteiger partial charge is 0.309 e. The highest BCUT2D eigenvalue weighted by Crippen LogP contribution is 2.25. The van der Waals surface area contributed by atoms with Crippen LogP contribution < -0.4 is 5.32 Å². The molecule has 1 aromatic rings. The molecule has 0 saturated carbocycles. The van der Waals surface area contributed by atoms with Gasteiger partial charge < -0.3 is 5.32 Å². The Morgan fingerprint density at radius 1 is 1.43 bits per heavy atom. The Labute approximate surface area is 128 Å². The van der Waals surface area contributed by atoms with Crippen molar-refractivity contribution in [1.82, 2.24) is 10.2 Å². The van der Waals surface area contributed by atoms with E-state index in [4.69, 9.17) is 0 Å². The van der Waals surface area contributed by atoms with E-state index in [1.54, 1.807) is 12.1 Å². The van der Waals surface area contributed by atoms with Crippen molar-refractivity contribution in [2.45, 2.75) is 59.2 Å². The van der Waals surface area contributed by atoms with E-state index in [0.29, 0.717) is 12.0 Å². The summed E-state index contributed by atoms with van der Waals surface area (Å²) in [5.74, 6) is 0.468. The number of aryl methyl sites for hydroxylation is 1. The van der Waals surface area contributed by atoms with E-state index in [2.05, 4.69) is 37.9 Å². The molecule has 2 nitrogen and oxygen atoms in total. The molecule has 0 aromatic heterocycles. The molecule has 1 aliphatic heterocycles. The molecule has 3 heteroatoms. The van der Waals surface area contributed by atoms with Crippen LogP contribution in [0.1, 0.15) is 45.2 Å². The second kappa shape index (κ2) is 6.45. The molecule has 1 fully saturated rings. The average molecular weight is 292 g/mol. The molecule has 0 radical (unpaired) electrons. The SMILES string of the molecule is CCC1(C)CN(Cc2ccc(F)cc2C)C(C(C)C)CN1. The maximum Gasteiger partial charge on any atom is 0.123 e. The molecule has 1 N–H and O–H groups in total. The Morgan fingerprint density at radius 2 is 2.14 bits per heavy atom. The van der Waals surface area contributed by atoms with Crippen LogP contribution in [0.5, 0.6) is 0 Å². The third-order valence-electron chi connectivity index (χ3n) is 4.99. The summed E-state index contributed by atoms with van der Waals surface area (Å²) in [6.45, 7) is 14.1. The fraction of sp³-hybridized carbons (Fsp3) is 0.667. The molecule has 1 heterocycles. The van der Waals surface area contributed by atoms with Crippen LogP contribution in [-0.2, 0) is 6.54 Å². The fourth-order valence-electron chi connectivity index (χ4n) is 3.22. The molecule has 2 atom stereocenters. The molecule has 21 heavy (non-hydrogen) atoms. The van der Waals surface area contributed by atoms with Crippen LogP contribution in [-0.4, -0.2) is 29.6 Å². The number of hydrogen-bond donors (Lipinski definition) is 1. The molecule has 2 rings (SSSR count). The summed E-state index contributed by atoms with van der Waals surface area (Å²) in [5.41, 5.74) is 2.47. The van der Waals surface area contributed by atoms with E-state index in [9.17, 15) is 4.39 Å². The minimum Gasteiger partial charge on any atom is -0.309 e. The first kappa shape index (κ1) is 16.4. The van der Waals surface area contributed by atoms with Gasteiger partial charge in [0.1, 0.15) is 5.82 Å². The quantitative estimate of drug-likeness (QED) is 0.909. The second-order valence-corrected chi connectivity index (χ2v) is 7.08. The zero-order valence-electron chi connectivity index (χ0n) is 14.0. The lowest BCUT2D eigenvalue weighted by atomic mass is 9.89. The number of piperazine rings is 1. The van der Waals surface area contributed by atoms with Crippen LogP contribution >= 0.6 is 0 Å². The van der Waals surface area contributed by atoms with Crippen LogP contribution in [0.3, 0.4) is 0 Å². The van der Waals surface area contributed by atoms with E-state index >= 15 is 0 Å². The molecular weight excluding hydrogens is 263 g/mol. The topological polar surface area (TPSA) is 15.3 Å². The van der Waals surface area contributed by atoms with E-state index in [-0.39, 0.29) is 11.4 Å². The Balaban J connectivity index is 2.19. The van der Waals surface area contributed by atoms with E-state index in [1.165, 1.54) is 5.56 Å². The first-order valence-corrected chi connectivity index (χ1v) is 8.09. The third kappa shape index (κ3) is 3.83. The molecule has 0 bridgehead atoms. The van der Waals surface area contributed by atoms with E-state index in [0.717, 1.165) is 31.6 Å². The lowest BCUT2D eigenvalue weighted by Gasteiger charge is -2.47. The zero-order chi connectivity index (χ0) is 15.6. The molecular formula is C18H29FN2. The van der Waals surface area contributed by atoms with Gasteiger partial charge >= 0.3 is 0 Å². The molecule has 1 saturated heterocycles. The van der Waals surface area contributed by atoms with Crippen molar-refractivity contribution in [3.8, 4) is 0 Å². The fourth-order valence-corrected chi connectivity index (χ4v) is 3.22. The van der Waals surface area contributed by atoms with Crippen LogP contribution in [0.2, 0.25) is 0 Å². The molecule has 2 unspecified atom stereocenters. The highest BCUT2D eigenvalue weighted by Gasteiger charge is 2.35. The molecule has 0 aliphatic carbocycles. The van der Waals surface area contributed by atoms with Crippen molar-refractivity contribution in [2.75, 3.05) is 13.1 Å². The Morgan fingerprint density at radius 3 is 2.71 bits per heavy atom. The van der Waals surface area contributed by atoms with Crippen molar-refractivity contribution in [3.63, 3.8) is 0 Å². The minimum absolute atomic E-state index is 0.143. The minimum atomic E-state index is -0.143. The first-order chi connectivity index (χ1) is 9.84. The Hall–Kier alpha value is -0.930. The highest BCUT2D eigenvalue weighted by molar-refractivity contribution is 5.26. The maximum absolute atomic E-state index is 13.3. The number of hydrogen-bond acceptors (Lipinski definition) is 2. The van der Waals surface area contributed by atoms with Crippen LogP contribution in [0, 0.1) is 18.7 Å². The standard InChI is InChI=1S/C18H29FN2/c1-6-18(5)12-21(17(10-20-18)13(2)3)11-15-7-8-16(19)9-14(15)4/h7-9,13,17,20H,6,10-12H2,1-5H3. The summed E-state index contributed by atoms with van der Waals surface area (Å²) in [5, 5.41) is 3.71. The number of rotatable bonds is 4. The predicted octanol–water partition coefficient (Wildman–Crippen LogP) is 3.73. The molecule has 1 aromatic carbocycles. The molecule has 1 aliphatic rings. The Kier molecular flexibility index (Phi) is 5.05. The van der Waals surface area contributed by atoms with Gasteiger partial charge in [-0.25, -0.2) is 4.39 Å². The first-order valence-electron chi connectivity index (χ1n) is 8.09. The third-order valence-corrected chi connectivity index (χ3v) is 4.99. The number of nitrogens with one attached hydrogen (secondary N) is 1. The average Bonchev–Trinajstić information content (AvgIpc) is 2.42. The van der Waals surface area contributed by atoms with Gasteiger partial charge in [-0.1, -0.05) is 26.8 Å². The molecule has 0 spiro atoms. The van der Waals surface area contributed by atoms with Crippen molar-refractivity contribution < 1.29 is 4.39 Å². The monoisotopic (exact) mass is 292 g/mol. The summed E-state index contributed by atoms with van der Waals surface area (Å²) in [7, 11) is 0. The van der Waals surface area contributed by atoms with Gasteiger partial charge in [-0.05, 0) is 49.4 Å². The zero-order valence-corrected chi connectivity index (χ0v) is 14.0. The van der Waals surface area contributed by atoms with Crippen molar-refractivity contribution in [3.05, 3.63) is 35.1 Å². The van der Waals surface area contributed by atoms with Gasteiger partial charge in [0.25, 0.3) is 0 Å². The van der Waals surface area contributed by atoms with Gasteiger partial charge in [0.05, 0.1) is 0 Å². The van der Waals surface area contributed by atoms with Crippen LogP contribution in [0.15, 0.2) is 18.2 Å². The van der Waals surface area contributed by atoms with Crippen LogP contribution in [0.4, 0.5) is 4.39 Å². The summed E-state index contributed by atoms with van der Waals surface area (Å²) in [4.78, 5) is 2.57. The lowest BCUT2D eigenvalue weighted by Crippen LogP contribution is -2.63. The smallest absolute Gasteiger partial charge is 0.123 e. The highest BCUT2D eigenvalue weighted by atomic mass is 19.1. The predicted molar refractivity (Wildman–Crippen MR) is 86.9 cm³/mol. The number of halogens is 1. The summed E-state index contributed by atoms with van der Waals surface area (Å²) >= 11 is 0. The van der Waals surface area contributed by atoms with Gasteiger partial charge in [0.2, 0.25) is 0 Å². The van der Waals surface area contributed by atoms with E-state index < -0.39 is 0 Å². The van der Waals surface area contributed by atoms with Gasteiger partial charge in [-0.15, -0.1) is 0 Å². The van der Waals surface area contributed by atoms with Gasteiger partial charge in [0, 0.05) is 31.2 Å². The lowest BCUT2D eigenvalue weighted by molar-refractivity contribution is 0.0537. The van der Waals surface area contributed by atoms with Gasteiger partial charge in [0.15, 0.2) is 0 Å². The summed E-state index contributed by atoms with van der Waals surface area (Å²) in [6.07, 6.45) is 1.12. The van der Waals surface area contributed by atoms with Crippen molar-refractivity contribution in [2.24, 2.45) is 5.92 Å². The van der Waals surface area contributed by atoms with E-state index in [1.807, 2.05) is 13.0 Å². The molecule has 0 amide bonds.